The molecule has 5 heteroatoms. The Balaban J connectivity index is 1.63. The Labute approximate surface area is 152 Å². The third kappa shape index (κ3) is 4.24. The van der Waals surface area contributed by atoms with Gasteiger partial charge in [0.25, 0.3) is 0 Å². The van der Waals surface area contributed by atoms with Gasteiger partial charge < -0.3 is 5.32 Å². The van der Waals surface area contributed by atoms with Crippen LogP contribution in [0.1, 0.15) is 30.5 Å². The van der Waals surface area contributed by atoms with Gasteiger partial charge in [-0.15, -0.1) is 11.3 Å². The Morgan fingerprint density at radius 1 is 1.24 bits per heavy atom. The second-order valence-corrected chi connectivity index (χ2v) is 7.28. The van der Waals surface area contributed by atoms with Crippen molar-refractivity contribution in [3.05, 3.63) is 59.1 Å². The van der Waals surface area contributed by atoms with Crippen LogP contribution in [0.2, 0.25) is 0 Å². The van der Waals surface area contributed by atoms with Crippen molar-refractivity contribution < 1.29 is 4.79 Å². The maximum absolute atomic E-state index is 12.4. The summed E-state index contributed by atoms with van der Waals surface area (Å²) in [5, 5.41) is 4.01. The van der Waals surface area contributed by atoms with Crippen molar-refractivity contribution in [3.8, 4) is 0 Å². The van der Waals surface area contributed by atoms with E-state index < -0.39 is 0 Å². The molecule has 1 amide bonds. The number of likely N-dealkylation sites (N-methyl/N-ethyl adjacent to an activating group) is 1. The maximum atomic E-state index is 12.4. The fraction of sp³-hybridized carbons (Fsp3) is 0.300. The van der Waals surface area contributed by atoms with E-state index in [1.165, 1.54) is 10.3 Å². The predicted octanol–water partition coefficient (Wildman–Crippen LogP) is 4.49. The number of fused-ring (bicyclic) bond motifs is 1. The van der Waals surface area contributed by atoms with Gasteiger partial charge in [-0.3, -0.25) is 9.69 Å². The quantitative estimate of drug-likeness (QED) is 0.710. The van der Waals surface area contributed by atoms with Gasteiger partial charge in [0, 0.05) is 5.69 Å². The average molecular weight is 353 g/mol. The van der Waals surface area contributed by atoms with E-state index in [1.807, 2.05) is 48.3 Å². The number of rotatable bonds is 6. The molecule has 0 radical (unpaired) electrons. The van der Waals surface area contributed by atoms with E-state index in [9.17, 15) is 4.79 Å². The van der Waals surface area contributed by atoms with E-state index in [1.54, 1.807) is 11.3 Å². The molecule has 0 saturated heterocycles. The summed E-state index contributed by atoms with van der Waals surface area (Å²) in [6, 6.07) is 16.2. The van der Waals surface area contributed by atoms with Crippen LogP contribution in [0.25, 0.3) is 10.2 Å². The first-order valence-electron chi connectivity index (χ1n) is 8.51. The lowest BCUT2D eigenvalue weighted by Crippen LogP contribution is -2.32. The van der Waals surface area contributed by atoms with Gasteiger partial charge in [0.05, 0.1) is 22.8 Å². The lowest BCUT2D eigenvalue weighted by molar-refractivity contribution is -0.117. The van der Waals surface area contributed by atoms with E-state index in [0.717, 1.165) is 22.6 Å². The van der Waals surface area contributed by atoms with Crippen LogP contribution in [0, 0.1) is 0 Å². The maximum Gasteiger partial charge on any atom is 0.238 e. The first kappa shape index (κ1) is 17.6. The number of hydrogen-bond donors (Lipinski definition) is 1. The minimum atomic E-state index is -0.0104. The number of carbonyl (C=O) groups is 1. The summed E-state index contributed by atoms with van der Waals surface area (Å²) >= 11 is 1.69. The number of nitrogens with one attached hydrogen (secondary N) is 1. The second kappa shape index (κ2) is 7.76. The van der Waals surface area contributed by atoms with Crippen LogP contribution < -0.4 is 5.32 Å². The number of nitrogens with zero attached hydrogens (tertiary/aromatic N) is 2. The van der Waals surface area contributed by atoms with Crippen molar-refractivity contribution in [3.63, 3.8) is 0 Å². The Kier molecular flexibility index (Phi) is 5.46. The molecular formula is C20H23N3OS. The number of amides is 1. The number of hydrogen-bond acceptors (Lipinski definition) is 4. The molecule has 0 aliphatic rings. The van der Waals surface area contributed by atoms with E-state index in [2.05, 4.69) is 31.3 Å². The smallest absolute Gasteiger partial charge is 0.238 e. The molecule has 0 spiro atoms. The molecule has 0 saturated carbocycles. The van der Waals surface area contributed by atoms with Crippen LogP contribution in [0.3, 0.4) is 0 Å². The molecule has 0 aliphatic heterocycles. The number of aromatic nitrogens is 1. The minimum Gasteiger partial charge on any atom is -0.325 e. The summed E-state index contributed by atoms with van der Waals surface area (Å²) in [6.07, 6.45) is 0.957. The molecule has 1 atom stereocenters. The third-order valence-electron chi connectivity index (χ3n) is 4.34. The van der Waals surface area contributed by atoms with Crippen LogP contribution in [0.5, 0.6) is 0 Å². The highest BCUT2D eigenvalue weighted by Gasteiger charge is 2.18. The zero-order valence-corrected chi connectivity index (χ0v) is 15.6. The zero-order valence-electron chi connectivity index (χ0n) is 14.8. The van der Waals surface area contributed by atoms with Gasteiger partial charge in [-0.25, -0.2) is 4.98 Å². The number of anilines is 1. The van der Waals surface area contributed by atoms with Crippen LogP contribution in [0.15, 0.2) is 48.5 Å². The summed E-state index contributed by atoms with van der Waals surface area (Å²) in [7, 11) is 1.96. The molecule has 0 fully saturated rings. The first-order valence-corrected chi connectivity index (χ1v) is 9.33. The standard InChI is InChI=1S/C20H23N3OS/c1-4-15-8-7-9-16(12-15)21-19(24)13-23(3)14(2)20-22-17-10-5-6-11-18(17)25-20/h5-12,14H,4,13H2,1-3H3,(H,21,24)/t14-/m1/s1. The minimum absolute atomic E-state index is 0.0104. The Morgan fingerprint density at radius 3 is 2.80 bits per heavy atom. The second-order valence-electron chi connectivity index (χ2n) is 6.21. The fourth-order valence-corrected chi connectivity index (χ4v) is 3.77. The van der Waals surface area contributed by atoms with Gasteiger partial charge in [-0.05, 0) is 50.2 Å². The summed E-state index contributed by atoms with van der Waals surface area (Å²) in [6.45, 7) is 4.52. The highest BCUT2D eigenvalue weighted by Crippen LogP contribution is 2.28. The summed E-state index contributed by atoms with van der Waals surface area (Å²) in [5.74, 6) is -0.0104. The molecule has 3 rings (SSSR count). The van der Waals surface area contributed by atoms with Crippen molar-refractivity contribution in [1.82, 2.24) is 9.88 Å². The van der Waals surface area contributed by atoms with Gasteiger partial charge in [0.2, 0.25) is 5.91 Å². The Hall–Kier alpha value is -2.24. The van der Waals surface area contributed by atoms with Gasteiger partial charge in [-0.2, -0.15) is 0 Å². The van der Waals surface area contributed by atoms with E-state index in [-0.39, 0.29) is 11.9 Å². The predicted molar refractivity (Wildman–Crippen MR) is 105 cm³/mol. The Bertz CT molecular complexity index is 841. The molecule has 4 nitrogen and oxygen atoms in total. The highest BCUT2D eigenvalue weighted by molar-refractivity contribution is 7.18. The van der Waals surface area contributed by atoms with Crippen LogP contribution in [-0.4, -0.2) is 29.4 Å². The lowest BCUT2D eigenvalue weighted by Gasteiger charge is -2.22. The molecule has 0 bridgehead atoms. The van der Waals surface area contributed by atoms with E-state index in [4.69, 9.17) is 4.98 Å². The summed E-state index contributed by atoms with van der Waals surface area (Å²) in [4.78, 5) is 19.1. The number of benzene rings is 2. The average Bonchev–Trinajstić information content (AvgIpc) is 3.05. The van der Waals surface area contributed by atoms with Crippen LogP contribution in [0.4, 0.5) is 5.69 Å². The van der Waals surface area contributed by atoms with Crippen molar-refractivity contribution in [1.29, 1.82) is 0 Å². The number of para-hydroxylation sites is 1. The largest absolute Gasteiger partial charge is 0.325 e. The topological polar surface area (TPSA) is 45.2 Å². The molecule has 2 aromatic carbocycles. The SMILES string of the molecule is CCc1cccc(NC(=O)CN(C)[C@H](C)c2nc3ccccc3s2)c1. The summed E-state index contributed by atoms with van der Waals surface area (Å²) in [5.41, 5.74) is 3.09. The van der Waals surface area contributed by atoms with Crippen molar-refractivity contribution >= 4 is 33.1 Å². The highest BCUT2D eigenvalue weighted by atomic mass is 32.1. The van der Waals surface area contributed by atoms with Gasteiger partial charge in [0.15, 0.2) is 0 Å². The van der Waals surface area contributed by atoms with Crippen molar-refractivity contribution in [2.75, 3.05) is 18.9 Å². The van der Waals surface area contributed by atoms with Gasteiger partial charge in [0.1, 0.15) is 5.01 Å². The van der Waals surface area contributed by atoms with Crippen LogP contribution >= 0.6 is 11.3 Å². The zero-order chi connectivity index (χ0) is 17.8. The lowest BCUT2D eigenvalue weighted by atomic mass is 10.1. The van der Waals surface area contributed by atoms with Crippen molar-refractivity contribution in [2.45, 2.75) is 26.3 Å². The first-order chi connectivity index (χ1) is 12.1. The molecule has 1 aromatic heterocycles. The molecule has 1 heterocycles. The molecule has 1 N–H and O–H groups in total. The summed E-state index contributed by atoms with van der Waals surface area (Å²) < 4.78 is 1.18. The number of aryl methyl sites for hydroxylation is 1. The van der Waals surface area contributed by atoms with E-state index in [0.29, 0.717) is 6.54 Å². The van der Waals surface area contributed by atoms with Crippen molar-refractivity contribution in [2.24, 2.45) is 0 Å². The van der Waals surface area contributed by atoms with E-state index >= 15 is 0 Å². The fourth-order valence-electron chi connectivity index (χ4n) is 2.69. The molecule has 25 heavy (non-hydrogen) atoms. The monoisotopic (exact) mass is 353 g/mol. The molecule has 0 unspecified atom stereocenters. The number of thiazole rings is 1. The normalized spacial score (nSPS) is 12.5. The van der Waals surface area contributed by atoms with Gasteiger partial charge >= 0.3 is 0 Å². The molecule has 0 aliphatic carbocycles. The third-order valence-corrected chi connectivity index (χ3v) is 5.55. The molecule has 3 aromatic rings. The number of carbonyl (C=O) groups excluding carboxylic acids is 1. The van der Waals surface area contributed by atoms with Gasteiger partial charge in [-0.1, -0.05) is 31.2 Å². The molecular weight excluding hydrogens is 330 g/mol. The van der Waals surface area contributed by atoms with Crippen LogP contribution in [-0.2, 0) is 11.2 Å². The Morgan fingerprint density at radius 2 is 2.04 bits per heavy atom. The molecule has 130 valence electrons.